The molecular weight excluding hydrogens is 444 g/mol. The summed E-state index contributed by atoms with van der Waals surface area (Å²) in [5.41, 5.74) is 5.59. The van der Waals surface area contributed by atoms with Crippen molar-refractivity contribution < 1.29 is 9.53 Å². The minimum Gasteiger partial charge on any atom is -0.496 e. The molecule has 4 aromatic rings. The number of aryl methyl sites for hydroxylation is 2. The molecule has 1 heterocycles. The Labute approximate surface area is 183 Å². The molecular formula is C23H21BrN4O2. The van der Waals surface area contributed by atoms with E-state index in [4.69, 9.17) is 4.74 Å². The molecule has 0 spiro atoms. The van der Waals surface area contributed by atoms with E-state index in [2.05, 4.69) is 50.5 Å². The Kier molecular flexibility index (Phi) is 5.55. The number of hydrogen-bond donors (Lipinski definition) is 1. The number of aromatic nitrogens is 3. The molecule has 3 aromatic carbocycles. The summed E-state index contributed by atoms with van der Waals surface area (Å²) in [4.78, 5) is 14.5. The van der Waals surface area contributed by atoms with Crippen molar-refractivity contribution in [2.24, 2.45) is 0 Å². The van der Waals surface area contributed by atoms with Crippen LogP contribution in [0, 0.1) is 6.92 Å². The maximum Gasteiger partial charge on any atom is 0.259 e. The van der Waals surface area contributed by atoms with Crippen LogP contribution in [0.1, 0.15) is 28.4 Å². The molecule has 152 valence electrons. The first kappa shape index (κ1) is 20.1. The molecule has 4 rings (SSSR count). The van der Waals surface area contributed by atoms with Crippen LogP contribution in [0.2, 0.25) is 0 Å². The Morgan fingerprint density at radius 3 is 2.50 bits per heavy atom. The molecule has 30 heavy (non-hydrogen) atoms. The van der Waals surface area contributed by atoms with Crippen molar-refractivity contribution >= 4 is 38.6 Å². The normalized spacial score (nSPS) is 10.9. The number of carbonyl (C=O) groups is 1. The average molecular weight is 465 g/mol. The fourth-order valence-electron chi connectivity index (χ4n) is 3.34. The zero-order valence-electron chi connectivity index (χ0n) is 16.9. The lowest BCUT2D eigenvalue weighted by atomic mass is 10.1. The summed E-state index contributed by atoms with van der Waals surface area (Å²) >= 11 is 3.44. The van der Waals surface area contributed by atoms with E-state index in [9.17, 15) is 4.79 Å². The second kappa shape index (κ2) is 8.28. The van der Waals surface area contributed by atoms with Gasteiger partial charge in [-0.05, 0) is 66.9 Å². The fourth-order valence-corrected chi connectivity index (χ4v) is 3.91. The molecule has 6 nitrogen and oxygen atoms in total. The van der Waals surface area contributed by atoms with E-state index >= 15 is 0 Å². The van der Waals surface area contributed by atoms with Crippen LogP contribution in [0.15, 0.2) is 59.1 Å². The molecule has 1 N–H and O–H groups in total. The number of amides is 1. The number of nitrogens with zero attached hydrogens (tertiary/aromatic N) is 3. The van der Waals surface area contributed by atoms with Gasteiger partial charge in [0.05, 0.1) is 18.4 Å². The number of anilines is 1. The Hall–Kier alpha value is -3.19. The van der Waals surface area contributed by atoms with Gasteiger partial charge in [0.15, 0.2) is 0 Å². The van der Waals surface area contributed by atoms with Crippen LogP contribution in [0.3, 0.4) is 0 Å². The molecule has 0 aliphatic rings. The monoisotopic (exact) mass is 464 g/mol. The second-order valence-electron chi connectivity index (χ2n) is 6.97. The molecule has 0 saturated carbocycles. The summed E-state index contributed by atoms with van der Waals surface area (Å²) < 4.78 is 6.24. The number of rotatable bonds is 5. The van der Waals surface area contributed by atoms with Crippen LogP contribution in [-0.2, 0) is 6.42 Å². The molecule has 0 unspecified atom stereocenters. The summed E-state index contributed by atoms with van der Waals surface area (Å²) in [6.45, 7) is 4.02. The van der Waals surface area contributed by atoms with Gasteiger partial charge >= 0.3 is 0 Å². The lowest BCUT2D eigenvalue weighted by Gasteiger charge is -2.12. The van der Waals surface area contributed by atoms with Crippen molar-refractivity contribution in [2.75, 3.05) is 12.4 Å². The average Bonchev–Trinajstić information content (AvgIpc) is 3.16. The third-order valence-electron chi connectivity index (χ3n) is 4.90. The van der Waals surface area contributed by atoms with Gasteiger partial charge in [0, 0.05) is 10.2 Å². The first-order valence-corrected chi connectivity index (χ1v) is 10.4. The van der Waals surface area contributed by atoms with Crippen molar-refractivity contribution in [3.8, 4) is 11.4 Å². The van der Waals surface area contributed by atoms with Gasteiger partial charge in [0.1, 0.15) is 16.8 Å². The predicted molar refractivity (Wildman–Crippen MR) is 122 cm³/mol. The third-order valence-corrected chi connectivity index (χ3v) is 5.36. The first-order chi connectivity index (χ1) is 14.5. The van der Waals surface area contributed by atoms with Crippen LogP contribution in [0.25, 0.3) is 16.7 Å². The van der Waals surface area contributed by atoms with Crippen LogP contribution in [0.5, 0.6) is 5.75 Å². The minimum atomic E-state index is -0.252. The lowest BCUT2D eigenvalue weighted by molar-refractivity contribution is 0.102. The highest BCUT2D eigenvalue weighted by Gasteiger charge is 2.16. The Morgan fingerprint density at radius 2 is 1.80 bits per heavy atom. The maximum atomic E-state index is 12.9. The number of methoxy groups -OCH3 is 1. The number of ether oxygens (including phenoxy) is 1. The largest absolute Gasteiger partial charge is 0.496 e. The number of nitrogens with one attached hydrogen (secondary N) is 1. The van der Waals surface area contributed by atoms with E-state index in [-0.39, 0.29) is 5.91 Å². The molecule has 0 atom stereocenters. The lowest BCUT2D eigenvalue weighted by Crippen LogP contribution is -2.13. The number of carbonyl (C=O) groups excluding carboxylic acids is 1. The minimum absolute atomic E-state index is 0.252. The van der Waals surface area contributed by atoms with E-state index in [0.29, 0.717) is 22.5 Å². The maximum absolute atomic E-state index is 12.9. The van der Waals surface area contributed by atoms with Crippen LogP contribution in [-0.4, -0.2) is 28.0 Å². The summed E-state index contributed by atoms with van der Waals surface area (Å²) in [7, 11) is 1.56. The second-order valence-corrected chi connectivity index (χ2v) is 7.89. The van der Waals surface area contributed by atoms with Gasteiger partial charge in [-0.15, -0.1) is 10.2 Å². The highest BCUT2D eigenvalue weighted by atomic mass is 79.9. The Balaban J connectivity index is 1.62. The van der Waals surface area contributed by atoms with Crippen molar-refractivity contribution in [1.82, 2.24) is 15.0 Å². The molecule has 0 saturated heterocycles. The highest BCUT2D eigenvalue weighted by molar-refractivity contribution is 9.10. The molecule has 0 bridgehead atoms. The molecule has 0 radical (unpaired) electrons. The summed E-state index contributed by atoms with van der Waals surface area (Å²) in [5.74, 6) is 0.302. The van der Waals surface area contributed by atoms with Crippen molar-refractivity contribution in [3.63, 3.8) is 0 Å². The van der Waals surface area contributed by atoms with Gasteiger partial charge in [-0.25, -0.2) is 0 Å². The number of fused-ring (bicyclic) bond motifs is 1. The zero-order valence-corrected chi connectivity index (χ0v) is 18.5. The fraction of sp³-hybridized carbons (Fsp3) is 0.174. The molecule has 0 aliphatic heterocycles. The van der Waals surface area contributed by atoms with Gasteiger partial charge in [0.25, 0.3) is 5.91 Å². The van der Waals surface area contributed by atoms with Crippen LogP contribution < -0.4 is 10.1 Å². The molecule has 1 amide bonds. The van der Waals surface area contributed by atoms with Crippen LogP contribution in [0.4, 0.5) is 5.69 Å². The smallest absolute Gasteiger partial charge is 0.259 e. The van der Waals surface area contributed by atoms with Gasteiger partial charge in [0.2, 0.25) is 0 Å². The van der Waals surface area contributed by atoms with Crippen molar-refractivity contribution in [3.05, 3.63) is 75.8 Å². The van der Waals surface area contributed by atoms with Gasteiger partial charge in [-0.3, -0.25) is 4.79 Å². The summed E-state index contributed by atoms with van der Waals surface area (Å²) in [5, 5.41) is 12.0. The number of hydrogen-bond acceptors (Lipinski definition) is 4. The SMILES string of the molecule is CCc1ccc(-n2nc3ccc(NC(=O)c4cc(Br)cc(C)c4OC)cc3n2)cc1. The van der Waals surface area contributed by atoms with E-state index < -0.39 is 0 Å². The van der Waals surface area contributed by atoms with Crippen molar-refractivity contribution in [1.29, 1.82) is 0 Å². The Bertz CT molecular complexity index is 1230. The third kappa shape index (κ3) is 3.93. The predicted octanol–water partition coefficient (Wildman–Crippen LogP) is 5.31. The van der Waals surface area contributed by atoms with E-state index in [1.54, 1.807) is 18.0 Å². The van der Waals surface area contributed by atoms with E-state index in [1.807, 2.05) is 43.3 Å². The van der Waals surface area contributed by atoms with Gasteiger partial charge < -0.3 is 10.1 Å². The summed E-state index contributed by atoms with van der Waals surface area (Å²) in [6.07, 6.45) is 0.986. The quantitative estimate of drug-likeness (QED) is 0.434. The molecule has 0 aliphatic carbocycles. The van der Waals surface area contributed by atoms with E-state index in [1.165, 1.54) is 5.56 Å². The van der Waals surface area contributed by atoms with Gasteiger partial charge in [-0.2, -0.15) is 4.80 Å². The molecule has 1 aromatic heterocycles. The highest BCUT2D eigenvalue weighted by Crippen LogP contribution is 2.29. The Morgan fingerprint density at radius 1 is 1.07 bits per heavy atom. The summed E-state index contributed by atoms with van der Waals surface area (Å²) in [6, 6.07) is 17.3. The van der Waals surface area contributed by atoms with Crippen molar-refractivity contribution in [2.45, 2.75) is 20.3 Å². The zero-order chi connectivity index (χ0) is 21.3. The standard InChI is InChI=1S/C23H21BrN4O2/c1-4-15-5-8-18(9-6-15)28-26-20-10-7-17(13-21(20)27-28)25-23(29)19-12-16(24)11-14(2)22(19)30-3/h5-13H,4H2,1-3H3,(H,25,29). The van der Waals surface area contributed by atoms with E-state index in [0.717, 1.165) is 27.7 Å². The number of halogens is 1. The topological polar surface area (TPSA) is 69.0 Å². The van der Waals surface area contributed by atoms with Gasteiger partial charge in [-0.1, -0.05) is 35.0 Å². The number of benzene rings is 3. The van der Waals surface area contributed by atoms with Crippen LogP contribution >= 0.6 is 15.9 Å². The molecule has 0 fully saturated rings. The molecule has 7 heteroatoms. The first-order valence-electron chi connectivity index (χ1n) is 9.60.